The summed E-state index contributed by atoms with van der Waals surface area (Å²) in [6.45, 7) is 8.00. The minimum atomic E-state index is -1.86. The smallest absolute Gasteiger partial charge is 0.245 e. The fourth-order valence-corrected chi connectivity index (χ4v) is 12.9. The maximum absolute atomic E-state index is 15.0. The molecular formula is C73H104N20O15S. The molecule has 35 nitrogen and oxygen atoms in total. The molecule has 3 aromatic carbocycles. The van der Waals surface area contributed by atoms with E-state index in [-0.39, 0.29) is 76.2 Å². The number of thioether (sulfide) groups is 1. The molecule has 3 heterocycles. The highest BCUT2D eigenvalue weighted by molar-refractivity contribution is 8.00. The number of carbonyl (C=O) groups excluding carboxylic acids is 14. The Bertz CT molecular complexity index is 4030. The highest BCUT2D eigenvalue weighted by Gasteiger charge is 2.39. The number of aromatic nitrogens is 2. The molecule has 1 fully saturated rings. The lowest BCUT2D eigenvalue weighted by Crippen LogP contribution is -2.62. The number of nitrogens with one attached hydrogen (secondary N) is 14. The lowest BCUT2D eigenvalue weighted by molar-refractivity contribution is -0.137. The number of aromatic amines is 2. The highest BCUT2D eigenvalue weighted by atomic mass is 32.2. The topological polar surface area (TPSA) is 578 Å². The van der Waals surface area contributed by atoms with Crippen molar-refractivity contribution < 1.29 is 72.2 Å². The van der Waals surface area contributed by atoms with Crippen molar-refractivity contribution in [2.75, 3.05) is 37.7 Å². The molecule has 12 atom stereocenters. The first-order valence-electron chi connectivity index (χ1n) is 36.2. The number of aliphatic hydroxyl groups excluding tert-OH is 1. The van der Waals surface area contributed by atoms with Crippen LogP contribution in [0.2, 0.25) is 0 Å². The van der Waals surface area contributed by atoms with Gasteiger partial charge in [0, 0.05) is 65.8 Å². The SMILES string of the molecule is CC[C@H](C)[C@@H]1NC(=O)[C@H](Cc2ccccc2)NC(=O)CSC[C@@H](C(N)=O)NC(=O)[C@H](C(C)C)NC(=O)[C@H](Cc2c[nH]c3ccccc23)NC(=O)[C@H](CCCCN)NC(=O)[C@H](C(C)C)NC(=O)[C@H](Cc2c[nH]c3ccccc23)NC(=O)[C@H](CC(N)=O)NC(=O)[C@H](CCCN=C(N)N)NC(=O)CNC(=O)[C@H](CO)NC1=O. The van der Waals surface area contributed by atoms with E-state index >= 15 is 4.79 Å². The molecule has 2 aromatic heterocycles. The second-order valence-corrected chi connectivity index (χ2v) is 28.5. The van der Waals surface area contributed by atoms with Crippen LogP contribution in [0.25, 0.3) is 21.8 Å². The van der Waals surface area contributed by atoms with Gasteiger partial charge in [0.15, 0.2) is 5.96 Å². The summed E-state index contributed by atoms with van der Waals surface area (Å²) in [6, 6.07) is 5.97. The standard InChI is InChI=1S/C73H104N20O15S/c1-7-40(6)61-72(108)89-54(35-94)63(99)82-34-57(96)83-48(25-17-27-79-73(77)78)64(100)88-53(31-56(75)95)66(102)87-52(30-43-33-81-47-23-14-12-21-45(43)47)69(105)91-59(38(2)3)70(106)85-49(24-15-16-26-74)65(101)86-51(29-42-32-80-46-22-13-11-20-44(42)46)68(104)92-60(39(4)5)71(107)90-55(62(76)98)36-109-37-58(97)84-50(67(103)93-61)28-41-18-9-8-10-19-41/h8-14,18-23,32-33,38-40,48-55,59-61,80-81,94H,7,15-17,24-31,34-37,74H2,1-6H3,(H2,75,95)(H2,76,98)(H,82,99)(H,83,96)(H,84,97)(H,85,106)(H,86,101)(H,87,102)(H,88,100)(H,89,108)(H,90,107)(H,91,105)(H,92,104)(H,93,103)(H4,77,78,79)/t40-,48-,49-,50-,51-,52-,53-,54-,55-,59-,60-,61-/m0/s1. The van der Waals surface area contributed by atoms with Gasteiger partial charge in [-0.15, -0.1) is 11.8 Å². The van der Waals surface area contributed by atoms with E-state index < -0.39 is 192 Å². The number of nitrogens with two attached hydrogens (primary N) is 5. The first-order chi connectivity index (χ1) is 51.9. The molecule has 0 unspecified atom stereocenters. The zero-order valence-electron chi connectivity index (χ0n) is 62.0. The van der Waals surface area contributed by atoms with Crippen molar-refractivity contribution in [1.82, 2.24) is 73.8 Å². The van der Waals surface area contributed by atoms with Gasteiger partial charge in [0.05, 0.1) is 25.3 Å². The van der Waals surface area contributed by atoms with Crippen molar-refractivity contribution in [3.63, 3.8) is 0 Å². The third-order valence-corrected chi connectivity index (χ3v) is 19.4. The van der Waals surface area contributed by atoms with Crippen LogP contribution >= 0.6 is 11.8 Å². The number of primary amides is 2. The molecule has 1 saturated heterocycles. The lowest BCUT2D eigenvalue weighted by atomic mass is 9.96. The summed E-state index contributed by atoms with van der Waals surface area (Å²) < 4.78 is 0. The van der Waals surface area contributed by atoms with E-state index in [1.54, 1.807) is 133 Å². The molecule has 109 heavy (non-hydrogen) atoms. The van der Waals surface area contributed by atoms with Gasteiger partial charge in [0.2, 0.25) is 82.7 Å². The van der Waals surface area contributed by atoms with Crippen molar-refractivity contribution in [2.24, 2.45) is 51.4 Å². The lowest BCUT2D eigenvalue weighted by Gasteiger charge is -2.29. The molecule has 0 radical (unpaired) electrons. The molecular weight excluding hydrogens is 1430 g/mol. The zero-order valence-corrected chi connectivity index (χ0v) is 62.8. The fourth-order valence-electron chi connectivity index (χ4n) is 12.0. The van der Waals surface area contributed by atoms with Crippen molar-refractivity contribution >= 4 is 122 Å². The van der Waals surface area contributed by atoms with Crippen molar-refractivity contribution in [2.45, 2.75) is 172 Å². The molecule has 0 bridgehead atoms. The summed E-state index contributed by atoms with van der Waals surface area (Å²) in [5.41, 5.74) is 31.6. The van der Waals surface area contributed by atoms with Crippen molar-refractivity contribution in [3.8, 4) is 0 Å². The second-order valence-electron chi connectivity index (χ2n) is 27.5. The maximum atomic E-state index is 15.0. The van der Waals surface area contributed by atoms with Crippen molar-refractivity contribution in [3.05, 3.63) is 108 Å². The minimum absolute atomic E-state index is 0.0129. The quantitative estimate of drug-likeness (QED) is 0.0184. The maximum Gasteiger partial charge on any atom is 0.245 e. The molecule has 592 valence electrons. The van der Waals surface area contributed by atoms with Crippen LogP contribution in [0, 0.1) is 17.8 Å². The number of nitrogens with zero attached hydrogens (tertiary/aromatic N) is 1. The largest absolute Gasteiger partial charge is 0.394 e. The first-order valence-corrected chi connectivity index (χ1v) is 37.3. The number of guanidine groups is 1. The van der Waals surface area contributed by atoms with E-state index in [2.05, 4.69) is 78.8 Å². The number of H-pyrrole nitrogens is 2. The number of rotatable bonds is 22. The number of aliphatic imine (C=N–C) groups is 1. The Balaban J connectivity index is 1.41. The van der Waals surface area contributed by atoms with Gasteiger partial charge in [0.1, 0.15) is 66.5 Å². The third-order valence-electron chi connectivity index (χ3n) is 18.3. The minimum Gasteiger partial charge on any atom is -0.394 e. The van der Waals surface area contributed by atoms with Crippen LogP contribution in [0.4, 0.5) is 0 Å². The van der Waals surface area contributed by atoms with Gasteiger partial charge in [-0.2, -0.15) is 0 Å². The second kappa shape index (κ2) is 43.0. The van der Waals surface area contributed by atoms with Gasteiger partial charge in [-0.05, 0) is 85.2 Å². The Morgan fingerprint density at radius 1 is 0.495 bits per heavy atom. The zero-order chi connectivity index (χ0) is 80.0. The van der Waals surface area contributed by atoms with Gasteiger partial charge < -0.3 is 108 Å². The van der Waals surface area contributed by atoms with Gasteiger partial charge in [-0.3, -0.25) is 72.1 Å². The summed E-state index contributed by atoms with van der Waals surface area (Å²) in [5.74, 6) is -16.5. The summed E-state index contributed by atoms with van der Waals surface area (Å²) in [7, 11) is 0. The number of carbonyl (C=O) groups is 14. The van der Waals surface area contributed by atoms with Crippen LogP contribution in [-0.2, 0) is 86.4 Å². The van der Waals surface area contributed by atoms with Crippen LogP contribution in [0.1, 0.15) is 103 Å². The Labute approximate surface area is 634 Å². The molecule has 1 aliphatic rings. The molecule has 14 amide bonds. The highest BCUT2D eigenvalue weighted by Crippen LogP contribution is 2.23. The number of aliphatic hydroxyl groups is 1. The summed E-state index contributed by atoms with van der Waals surface area (Å²) >= 11 is 0.865. The van der Waals surface area contributed by atoms with Crippen LogP contribution in [-0.4, -0.2) is 208 Å². The van der Waals surface area contributed by atoms with E-state index in [1.165, 1.54) is 0 Å². The van der Waals surface area contributed by atoms with E-state index in [4.69, 9.17) is 28.7 Å². The molecule has 6 rings (SSSR count). The number of fused-ring (bicyclic) bond motifs is 2. The molecule has 1 aliphatic heterocycles. The number of amides is 14. The number of hydrogen-bond donors (Lipinski definition) is 20. The average molecular weight is 1530 g/mol. The summed E-state index contributed by atoms with van der Waals surface area (Å²) in [5, 5.41) is 43.0. The van der Waals surface area contributed by atoms with Crippen molar-refractivity contribution in [1.29, 1.82) is 0 Å². The van der Waals surface area contributed by atoms with Crippen LogP contribution in [0.5, 0.6) is 0 Å². The number of unbranched alkanes of at least 4 members (excludes halogenated alkanes) is 1. The summed E-state index contributed by atoms with van der Waals surface area (Å²) in [6.07, 6.45) is 2.48. The van der Waals surface area contributed by atoms with E-state index in [0.29, 0.717) is 44.9 Å². The molecule has 36 heteroatoms. The molecule has 0 saturated carbocycles. The first kappa shape index (κ1) is 86.8. The molecule has 0 aliphatic carbocycles. The third kappa shape index (κ3) is 26.9. The van der Waals surface area contributed by atoms with Crippen LogP contribution in [0.3, 0.4) is 0 Å². The van der Waals surface area contributed by atoms with Gasteiger partial charge in [-0.1, -0.05) is 115 Å². The summed E-state index contributed by atoms with van der Waals surface area (Å²) in [4.78, 5) is 210. The monoisotopic (exact) mass is 1530 g/mol. The van der Waals surface area contributed by atoms with Crippen LogP contribution in [0.15, 0.2) is 96.2 Å². The van der Waals surface area contributed by atoms with Gasteiger partial charge >= 0.3 is 0 Å². The average Bonchev–Trinajstić information content (AvgIpc) is 1.74. The Morgan fingerprint density at radius 2 is 0.945 bits per heavy atom. The van der Waals surface area contributed by atoms with Crippen LogP contribution < -0.4 is 92.5 Å². The number of benzene rings is 3. The van der Waals surface area contributed by atoms with E-state index in [9.17, 15) is 67.4 Å². The Hall–Kier alpha value is -11.1. The fraction of sp³-hybridized carbons (Fsp3) is 0.493. The Morgan fingerprint density at radius 3 is 1.46 bits per heavy atom. The molecule has 5 aromatic rings. The predicted molar refractivity (Wildman–Crippen MR) is 408 cm³/mol. The predicted octanol–water partition coefficient (Wildman–Crippen LogP) is -3.23. The molecule has 25 N–H and O–H groups in total. The van der Waals surface area contributed by atoms with Gasteiger partial charge in [-0.25, -0.2) is 0 Å². The van der Waals surface area contributed by atoms with E-state index in [1.807, 2.05) is 0 Å². The Kier molecular flexibility index (Phi) is 34.2. The number of para-hydroxylation sites is 2. The van der Waals surface area contributed by atoms with E-state index in [0.717, 1.165) is 11.8 Å². The normalized spacial score (nSPS) is 23.4. The van der Waals surface area contributed by atoms with Gasteiger partial charge in [0.25, 0.3) is 0 Å². The molecule has 0 spiro atoms. The number of hydrogen-bond acceptors (Lipinski definition) is 18.